The molecule has 0 aliphatic rings. The molecule has 1 N–H and O–H groups in total. The summed E-state index contributed by atoms with van der Waals surface area (Å²) in [5.74, 6) is 0. The first kappa shape index (κ1) is 17.2. The maximum atomic E-state index is 4.58. The van der Waals surface area contributed by atoms with Crippen LogP contribution in [0.3, 0.4) is 0 Å². The van der Waals surface area contributed by atoms with Gasteiger partial charge >= 0.3 is 0 Å². The molecule has 20 heavy (non-hydrogen) atoms. The zero-order valence-electron chi connectivity index (χ0n) is 14.3. The molecule has 116 valence electrons. The Hall–Kier alpha value is -0.830. The van der Waals surface area contributed by atoms with E-state index in [1.807, 2.05) is 17.9 Å². The van der Waals surface area contributed by atoms with E-state index >= 15 is 0 Å². The Labute approximate surface area is 125 Å². The van der Waals surface area contributed by atoms with Crippen molar-refractivity contribution in [3.8, 4) is 0 Å². The lowest BCUT2D eigenvalue weighted by atomic mass is 9.76. The standard InChI is InChI=1S/C17H33N3/c1-7-9-11-17(8-2,14-18-16(3,4)5)13-15-10-12-20(6)19-15/h10,12,18H,7-9,11,13-14H2,1-6H3. The second-order valence-corrected chi connectivity index (χ2v) is 7.22. The molecule has 1 unspecified atom stereocenters. The van der Waals surface area contributed by atoms with Crippen molar-refractivity contribution < 1.29 is 0 Å². The van der Waals surface area contributed by atoms with Gasteiger partial charge in [-0.05, 0) is 51.5 Å². The van der Waals surface area contributed by atoms with Crippen molar-refractivity contribution in [3.05, 3.63) is 18.0 Å². The fourth-order valence-electron chi connectivity index (χ4n) is 2.61. The maximum absolute atomic E-state index is 4.58. The van der Waals surface area contributed by atoms with E-state index in [0.29, 0.717) is 5.41 Å². The Morgan fingerprint density at radius 2 is 1.95 bits per heavy atom. The summed E-state index contributed by atoms with van der Waals surface area (Å²) < 4.78 is 1.91. The molecule has 1 atom stereocenters. The Morgan fingerprint density at radius 3 is 2.40 bits per heavy atom. The van der Waals surface area contributed by atoms with Gasteiger partial charge < -0.3 is 5.32 Å². The predicted molar refractivity (Wildman–Crippen MR) is 86.9 cm³/mol. The summed E-state index contributed by atoms with van der Waals surface area (Å²) in [7, 11) is 2.00. The van der Waals surface area contributed by atoms with Crippen molar-refractivity contribution in [2.24, 2.45) is 12.5 Å². The van der Waals surface area contributed by atoms with Crippen LogP contribution in [-0.4, -0.2) is 21.9 Å². The lowest BCUT2D eigenvalue weighted by Crippen LogP contribution is -2.44. The average molecular weight is 279 g/mol. The van der Waals surface area contributed by atoms with E-state index in [9.17, 15) is 0 Å². The fourth-order valence-corrected chi connectivity index (χ4v) is 2.61. The Morgan fingerprint density at radius 1 is 1.25 bits per heavy atom. The highest BCUT2D eigenvalue weighted by Crippen LogP contribution is 2.32. The molecule has 3 nitrogen and oxygen atoms in total. The first-order valence-electron chi connectivity index (χ1n) is 8.04. The number of aryl methyl sites for hydroxylation is 1. The summed E-state index contributed by atoms with van der Waals surface area (Å²) >= 11 is 0. The van der Waals surface area contributed by atoms with Crippen LogP contribution in [0.15, 0.2) is 12.3 Å². The van der Waals surface area contributed by atoms with Gasteiger partial charge in [0.2, 0.25) is 0 Å². The minimum Gasteiger partial charge on any atom is -0.312 e. The zero-order chi connectivity index (χ0) is 15.2. The number of aromatic nitrogens is 2. The third-order valence-corrected chi connectivity index (χ3v) is 4.13. The van der Waals surface area contributed by atoms with Crippen LogP contribution in [0.25, 0.3) is 0 Å². The Kier molecular flexibility index (Phi) is 6.25. The van der Waals surface area contributed by atoms with Crippen LogP contribution in [0.2, 0.25) is 0 Å². The zero-order valence-corrected chi connectivity index (χ0v) is 14.3. The van der Waals surface area contributed by atoms with Crippen LogP contribution >= 0.6 is 0 Å². The first-order valence-corrected chi connectivity index (χ1v) is 8.04. The van der Waals surface area contributed by atoms with E-state index in [-0.39, 0.29) is 5.54 Å². The topological polar surface area (TPSA) is 29.9 Å². The van der Waals surface area contributed by atoms with E-state index in [1.54, 1.807) is 0 Å². The normalized spacial score (nSPS) is 15.3. The summed E-state index contributed by atoms with van der Waals surface area (Å²) in [6.45, 7) is 12.4. The smallest absolute Gasteiger partial charge is 0.0630 e. The lowest BCUT2D eigenvalue weighted by Gasteiger charge is -2.36. The van der Waals surface area contributed by atoms with Gasteiger partial charge in [0.25, 0.3) is 0 Å². The van der Waals surface area contributed by atoms with E-state index in [0.717, 1.165) is 13.0 Å². The van der Waals surface area contributed by atoms with Gasteiger partial charge in [0.1, 0.15) is 0 Å². The van der Waals surface area contributed by atoms with E-state index in [4.69, 9.17) is 0 Å². The number of nitrogens with zero attached hydrogens (tertiary/aromatic N) is 2. The lowest BCUT2D eigenvalue weighted by molar-refractivity contribution is 0.204. The van der Waals surface area contributed by atoms with Crippen LogP contribution < -0.4 is 5.32 Å². The van der Waals surface area contributed by atoms with Crippen molar-refractivity contribution in [1.82, 2.24) is 15.1 Å². The third-order valence-electron chi connectivity index (χ3n) is 4.13. The molecule has 1 heterocycles. The summed E-state index contributed by atoms with van der Waals surface area (Å²) in [6.07, 6.45) is 8.17. The van der Waals surface area contributed by atoms with Crippen molar-refractivity contribution in [2.45, 2.75) is 72.3 Å². The molecule has 1 aromatic rings. The van der Waals surface area contributed by atoms with Gasteiger partial charge in [-0.1, -0.05) is 26.7 Å². The van der Waals surface area contributed by atoms with Gasteiger partial charge in [0, 0.05) is 25.3 Å². The van der Waals surface area contributed by atoms with Crippen molar-refractivity contribution in [1.29, 1.82) is 0 Å². The summed E-state index contributed by atoms with van der Waals surface area (Å²) in [5, 5.41) is 8.30. The highest BCUT2D eigenvalue weighted by Gasteiger charge is 2.30. The predicted octanol–water partition coefficient (Wildman–Crippen LogP) is 3.94. The van der Waals surface area contributed by atoms with E-state index in [2.05, 4.69) is 51.1 Å². The molecule has 0 aromatic carbocycles. The van der Waals surface area contributed by atoms with Gasteiger partial charge in [-0.15, -0.1) is 0 Å². The molecule has 3 heteroatoms. The summed E-state index contributed by atoms with van der Waals surface area (Å²) in [5.41, 5.74) is 1.73. The molecule has 0 aliphatic carbocycles. The molecule has 1 aromatic heterocycles. The van der Waals surface area contributed by atoms with Crippen molar-refractivity contribution in [2.75, 3.05) is 6.54 Å². The third kappa shape index (κ3) is 5.66. The number of hydrogen-bond acceptors (Lipinski definition) is 2. The second kappa shape index (κ2) is 7.26. The van der Waals surface area contributed by atoms with Gasteiger partial charge in [0.05, 0.1) is 5.69 Å². The monoisotopic (exact) mass is 279 g/mol. The molecular formula is C17H33N3. The number of nitrogens with one attached hydrogen (secondary N) is 1. The first-order chi connectivity index (χ1) is 9.30. The van der Waals surface area contributed by atoms with Crippen LogP contribution in [0.5, 0.6) is 0 Å². The summed E-state index contributed by atoms with van der Waals surface area (Å²) in [4.78, 5) is 0. The van der Waals surface area contributed by atoms with Gasteiger partial charge in [-0.2, -0.15) is 5.10 Å². The molecule has 0 amide bonds. The van der Waals surface area contributed by atoms with E-state index < -0.39 is 0 Å². The van der Waals surface area contributed by atoms with Gasteiger partial charge in [-0.25, -0.2) is 0 Å². The molecule has 0 bridgehead atoms. The van der Waals surface area contributed by atoms with Gasteiger partial charge in [0.15, 0.2) is 0 Å². The number of hydrogen-bond donors (Lipinski definition) is 1. The van der Waals surface area contributed by atoms with Crippen LogP contribution in [0, 0.1) is 5.41 Å². The second-order valence-electron chi connectivity index (χ2n) is 7.22. The highest BCUT2D eigenvalue weighted by molar-refractivity contribution is 5.04. The number of rotatable bonds is 8. The maximum Gasteiger partial charge on any atom is 0.0630 e. The molecule has 0 aliphatic heterocycles. The molecule has 0 radical (unpaired) electrons. The Bertz CT molecular complexity index is 389. The SMILES string of the molecule is CCCCC(CC)(CNC(C)(C)C)Cc1ccn(C)n1. The quantitative estimate of drug-likeness (QED) is 0.781. The molecule has 0 fully saturated rings. The van der Waals surface area contributed by atoms with E-state index in [1.165, 1.54) is 31.4 Å². The minimum atomic E-state index is 0.177. The fraction of sp³-hybridized carbons (Fsp3) is 0.824. The molecule has 0 saturated heterocycles. The summed E-state index contributed by atoms with van der Waals surface area (Å²) in [6, 6.07) is 2.16. The van der Waals surface area contributed by atoms with Crippen molar-refractivity contribution >= 4 is 0 Å². The Balaban J connectivity index is 2.80. The van der Waals surface area contributed by atoms with Crippen LogP contribution in [0.4, 0.5) is 0 Å². The largest absolute Gasteiger partial charge is 0.312 e. The van der Waals surface area contributed by atoms with Crippen molar-refractivity contribution in [3.63, 3.8) is 0 Å². The molecule has 0 spiro atoms. The molecular weight excluding hydrogens is 246 g/mol. The van der Waals surface area contributed by atoms with Gasteiger partial charge in [-0.3, -0.25) is 4.68 Å². The number of unbranched alkanes of at least 4 members (excludes halogenated alkanes) is 1. The molecule has 0 saturated carbocycles. The highest BCUT2D eigenvalue weighted by atomic mass is 15.2. The average Bonchev–Trinajstić information content (AvgIpc) is 2.77. The minimum absolute atomic E-state index is 0.177. The van der Waals surface area contributed by atoms with Crippen LogP contribution in [-0.2, 0) is 13.5 Å². The molecule has 1 rings (SSSR count). The van der Waals surface area contributed by atoms with Crippen LogP contribution in [0.1, 0.15) is 66.0 Å².